The van der Waals surface area contributed by atoms with Gasteiger partial charge in [-0.1, -0.05) is 0 Å². The summed E-state index contributed by atoms with van der Waals surface area (Å²) < 4.78 is 44.0. The number of ether oxygens (including phenoxy) is 3. The van der Waals surface area contributed by atoms with Crippen molar-refractivity contribution in [3.63, 3.8) is 0 Å². The molecule has 0 radical (unpaired) electrons. The lowest BCUT2D eigenvalue weighted by molar-refractivity contribution is -0.917. The number of nitrogens with one attached hydrogen (secondary N) is 1. The second-order valence-corrected chi connectivity index (χ2v) is 9.32. The van der Waals surface area contributed by atoms with Crippen LogP contribution in [0.5, 0.6) is 17.2 Å². The van der Waals surface area contributed by atoms with Gasteiger partial charge in [0.15, 0.2) is 11.5 Å². The molecule has 7 nitrogen and oxygen atoms in total. The van der Waals surface area contributed by atoms with E-state index >= 15 is 0 Å². The highest BCUT2D eigenvalue weighted by molar-refractivity contribution is 7.89. The number of hydrogen-bond donors (Lipinski definition) is 1. The Morgan fingerprint density at radius 2 is 1.83 bits per heavy atom. The summed E-state index contributed by atoms with van der Waals surface area (Å²) in [6.07, 6.45) is 0. The normalized spacial score (nSPS) is 17.4. The quantitative estimate of drug-likeness (QED) is 0.762. The molecule has 0 unspecified atom stereocenters. The summed E-state index contributed by atoms with van der Waals surface area (Å²) in [7, 11) is -3.49. The molecular formula is C21H27N2O5S+. The second-order valence-electron chi connectivity index (χ2n) is 7.38. The van der Waals surface area contributed by atoms with Crippen LogP contribution in [0.4, 0.5) is 0 Å². The first-order valence-electron chi connectivity index (χ1n) is 9.93. The van der Waals surface area contributed by atoms with Gasteiger partial charge in [-0.05, 0) is 55.8 Å². The Bertz CT molecular complexity index is 985. The fourth-order valence-corrected chi connectivity index (χ4v) is 5.34. The number of hydrogen-bond acceptors (Lipinski definition) is 5. The molecule has 29 heavy (non-hydrogen) atoms. The standard InChI is InChI=1S/C21H26N2O5S/c1-3-26-19-7-5-18(12-16(19)2)29(24,25)23-10-8-22(9-11-23)14-17-4-6-20-21(13-17)28-15-27-20/h4-7,12-13H,3,8-11,14-15H2,1-2H3/p+1. The zero-order valence-electron chi connectivity index (χ0n) is 16.8. The Kier molecular flexibility index (Phi) is 5.67. The number of nitrogens with zero attached hydrogens (tertiary/aromatic N) is 1. The van der Waals surface area contributed by atoms with Crippen LogP contribution in [0.3, 0.4) is 0 Å². The molecule has 2 heterocycles. The van der Waals surface area contributed by atoms with E-state index in [9.17, 15) is 8.42 Å². The van der Waals surface area contributed by atoms with Crippen LogP contribution in [0.2, 0.25) is 0 Å². The largest absolute Gasteiger partial charge is 0.494 e. The second kappa shape index (κ2) is 8.22. The molecule has 0 bridgehead atoms. The Balaban J connectivity index is 1.39. The SMILES string of the molecule is CCOc1ccc(S(=O)(=O)N2CC[NH+](Cc3ccc4c(c3)OCO4)CC2)cc1C. The summed E-state index contributed by atoms with van der Waals surface area (Å²) in [5.41, 5.74) is 2.00. The molecule has 1 saturated heterocycles. The van der Waals surface area contributed by atoms with Gasteiger partial charge in [-0.15, -0.1) is 0 Å². The molecule has 2 aliphatic rings. The van der Waals surface area contributed by atoms with Crippen molar-refractivity contribution in [1.82, 2.24) is 4.31 Å². The van der Waals surface area contributed by atoms with E-state index in [1.165, 1.54) is 10.5 Å². The minimum atomic E-state index is -3.49. The van der Waals surface area contributed by atoms with E-state index < -0.39 is 10.0 Å². The van der Waals surface area contributed by atoms with Crippen LogP contribution in [0.15, 0.2) is 41.3 Å². The zero-order chi connectivity index (χ0) is 20.4. The number of fused-ring (bicyclic) bond motifs is 1. The Labute approximate surface area is 171 Å². The predicted octanol–water partition coefficient (Wildman–Crippen LogP) is 1.21. The summed E-state index contributed by atoms with van der Waals surface area (Å²) in [5, 5.41) is 0. The lowest BCUT2D eigenvalue weighted by Crippen LogP contribution is -3.13. The predicted molar refractivity (Wildman–Crippen MR) is 108 cm³/mol. The topological polar surface area (TPSA) is 69.5 Å². The summed E-state index contributed by atoms with van der Waals surface area (Å²) in [6, 6.07) is 11.1. The molecule has 1 fully saturated rings. The maximum absolute atomic E-state index is 13.0. The average molecular weight is 420 g/mol. The van der Waals surface area contributed by atoms with Crippen molar-refractivity contribution in [1.29, 1.82) is 0 Å². The molecule has 0 saturated carbocycles. The minimum absolute atomic E-state index is 0.271. The van der Waals surface area contributed by atoms with Crippen LogP contribution in [-0.4, -0.2) is 52.3 Å². The molecule has 156 valence electrons. The van der Waals surface area contributed by atoms with Gasteiger partial charge in [0, 0.05) is 5.56 Å². The van der Waals surface area contributed by atoms with Gasteiger partial charge in [-0.2, -0.15) is 4.31 Å². The Morgan fingerprint density at radius 1 is 1.07 bits per heavy atom. The third-order valence-electron chi connectivity index (χ3n) is 5.40. The number of rotatable bonds is 6. The van der Waals surface area contributed by atoms with E-state index in [4.69, 9.17) is 14.2 Å². The van der Waals surface area contributed by atoms with E-state index in [2.05, 4.69) is 0 Å². The van der Waals surface area contributed by atoms with Crippen LogP contribution in [-0.2, 0) is 16.6 Å². The first-order chi connectivity index (χ1) is 14.0. The van der Waals surface area contributed by atoms with Crippen molar-refractivity contribution in [2.75, 3.05) is 39.6 Å². The van der Waals surface area contributed by atoms with Crippen LogP contribution in [0.1, 0.15) is 18.1 Å². The highest BCUT2D eigenvalue weighted by Gasteiger charge is 2.31. The lowest BCUT2D eigenvalue weighted by Gasteiger charge is -2.31. The number of piperazine rings is 1. The third-order valence-corrected chi connectivity index (χ3v) is 7.30. The molecule has 4 rings (SSSR count). The first-order valence-corrected chi connectivity index (χ1v) is 11.4. The molecule has 1 N–H and O–H groups in total. The molecule has 2 aromatic rings. The van der Waals surface area contributed by atoms with Crippen molar-refractivity contribution in [2.45, 2.75) is 25.3 Å². The Hall–Kier alpha value is -2.29. The number of sulfonamides is 1. The summed E-state index contributed by atoms with van der Waals surface area (Å²) in [6.45, 7) is 8.00. The monoisotopic (exact) mass is 419 g/mol. The van der Waals surface area contributed by atoms with Crippen molar-refractivity contribution < 1.29 is 27.5 Å². The molecule has 0 spiro atoms. The number of aryl methyl sites for hydroxylation is 1. The van der Waals surface area contributed by atoms with Gasteiger partial charge in [0.1, 0.15) is 12.3 Å². The van der Waals surface area contributed by atoms with Gasteiger partial charge in [0.25, 0.3) is 0 Å². The Morgan fingerprint density at radius 3 is 2.55 bits per heavy atom. The number of benzene rings is 2. The van der Waals surface area contributed by atoms with Crippen LogP contribution < -0.4 is 19.1 Å². The van der Waals surface area contributed by atoms with E-state index in [0.717, 1.165) is 42.4 Å². The highest BCUT2D eigenvalue weighted by Crippen LogP contribution is 2.32. The fraction of sp³-hybridized carbons (Fsp3) is 0.429. The molecule has 2 aliphatic heterocycles. The zero-order valence-corrected chi connectivity index (χ0v) is 17.6. The smallest absolute Gasteiger partial charge is 0.243 e. The van der Waals surface area contributed by atoms with E-state index in [0.29, 0.717) is 24.6 Å². The number of quaternary nitrogens is 1. The molecule has 0 amide bonds. The maximum Gasteiger partial charge on any atom is 0.243 e. The summed E-state index contributed by atoms with van der Waals surface area (Å²) >= 11 is 0. The molecule has 2 aromatic carbocycles. The van der Waals surface area contributed by atoms with Crippen molar-refractivity contribution in [2.24, 2.45) is 0 Å². The van der Waals surface area contributed by atoms with Crippen molar-refractivity contribution in [3.8, 4) is 17.2 Å². The van der Waals surface area contributed by atoms with Crippen LogP contribution >= 0.6 is 0 Å². The van der Waals surface area contributed by atoms with Crippen LogP contribution in [0, 0.1) is 6.92 Å². The molecular weight excluding hydrogens is 392 g/mol. The maximum atomic E-state index is 13.0. The van der Waals surface area contributed by atoms with Gasteiger partial charge < -0.3 is 19.1 Å². The highest BCUT2D eigenvalue weighted by atomic mass is 32.2. The average Bonchev–Trinajstić information content (AvgIpc) is 3.18. The minimum Gasteiger partial charge on any atom is -0.494 e. The van der Waals surface area contributed by atoms with Crippen LogP contribution in [0.25, 0.3) is 0 Å². The molecule has 0 aromatic heterocycles. The lowest BCUT2D eigenvalue weighted by atomic mass is 10.2. The van der Waals surface area contributed by atoms with Gasteiger partial charge in [-0.25, -0.2) is 8.42 Å². The van der Waals surface area contributed by atoms with E-state index in [1.54, 1.807) is 22.5 Å². The van der Waals surface area contributed by atoms with Gasteiger partial charge in [0.05, 0.1) is 37.7 Å². The van der Waals surface area contributed by atoms with Gasteiger partial charge in [0.2, 0.25) is 16.8 Å². The first kappa shape index (κ1) is 20.0. The fourth-order valence-electron chi connectivity index (χ4n) is 3.81. The molecule has 8 heteroatoms. The summed E-state index contributed by atoms with van der Waals surface area (Å²) in [5.74, 6) is 2.30. The third kappa shape index (κ3) is 4.19. The van der Waals surface area contributed by atoms with E-state index in [-0.39, 0.29) is 6.79 Å². The molecule has 0 atom stereocenters. The van der Waals surface area contributed by atoms with Crippen molar-refractivity contribution in [3.05, 3.63) is 47.5 Å². The summed E-state index contributed by atoms with van der Waals surface area (Å²) in [4.78, 5) is 1.69. The van der Waals surface area contributed by atoms with Gasteiger partial charge >= 0.3 is 0 Å². The van der Waals surface area contributed by atoms with Gasteiger partial charge in [-0.3, -0.25) is 0 Å². The van der Waals surface area contributed by atoms with Crippen molar-refractivity contribution >= 4 is 10.0 Å². The molecule has 0 aliphatic carbocycles. The van der Waals surface area contributed by atoms with E-state index in [1.807, 2.05) is 32.0 Å².